The van der Waals surface area contributed by atoms with Gasteiger partial charge in [0, 0.05) is 55.9 Å². The van der Waals surface area contributed by atoms with Gasteiger partial charge < -0.3 is 9.64 Å². The molecule has 1 fully saturated rings. The average Bonchev–Trinajstić information content (AvgIpc) is 3.20. The van der Waals surface area contributed by atoms with Gasteiger partial charge in [-0.25, -0.2) is 9.97 Å². The number of thioether (sulfide) groups is 1. The first-order valence-electron chi connectivity index (χ1n) is 9.94. The monoisotopic (exact) mass is 384 g/mol. The van der Waals surface area contributed by atoms with E-state index in [0.717, 1.165) is 61.6 Å². The van der Waals surface area contributed by atoms with E-state index in [1.165, 1.54) is 17.5 Å². The van der Waals surface area contributed by atoms with Crippen molar-refractivity contribution in [1.29, 1.82) is 0 Å². The zero-order chi connectivity index (χ0) is 18.6. The van der Waals surface area contributed by atoms with E-state index in [1.807, 2.05) is 24.2 Å². The smallest absolute Gasteiger partial charge is 0.225 e. The molecule has 0 N–H and O–H groups in total. The summed E-state index contributed by atoms with van der Waals surface area (Å²) in [4.78, 5) is 15.2. The summed E-state index contributed by atoms with van der Waals surface area (Å²) in [7, 11) is 0. The fraction of sp³-hybridized carbons (Fsp3) is 0.524. The van der Waals surface area contributed by atoms with Crippen LogP contribution in [0.15, 0.2) is 35.5 Å². The maximum atomic E-state index is 5.74. The SMILES string of the molecule is CCCSc1cnc(N2CCN(C(C)c3ccc4c(c3)OCC4)CC2)nc1. The highest BCUT2D eigenvalue weighted by Crippen LogP contribution is 2.31. The second-order valence-electron chi connectivity index (χ2n) is 7.23. The predicted molar refractivity (Wildman–Crippen MR) is 111 cm³/mol. The van der Waals surface area contributed by atoms with Crippen molar-refractivity contribution in [3.8, 4) is 5.75 Å². The van der Waals surface area contributed by atoms with E-state index in [0.29, 0.717) is 6.04 Å². The Labute approximate surface area is 166 Å². The zero-order valence-electron chi connectivity index (χ0n) is 16.2. The minimum atomic E-state index is 0.399. The third kappa shape index (κ3) is 4.22. The largest absolute Gasteiger partial charge is 0.493 e. The summed E-state index contributed by atoms with van der Waals surface area (Å²) in [6.45, 7) is 9.28. The molecule has 0 saturated carbocycles. The lowest BCUT2D eigenvalue weighted by molar-refractivity contribution is 0.197. The van der Waals surface area contributed by atoms with E-state index in [9.17, 15) is 0 Å². The van der Waals surface area contributed by atoms with Crippen molar-refractivity contribution < 1.29 is 4.74 Å². The number of anilines is 1. The van der Waals surface area contributed by atoms with Gasteiger partial charge in [0.05, 0.1) is 6.61 Å². The number of benzene rings is 1. The van der Waals surface area contributed by atoms with Gasteiger partial charge in [-0.15, -0.1) is 11.8 Å². The molecule has 1 saturated heterocycles. The molecule has 27 heavy (non-hydrogen) atoms. The average molecular weight is 385 g/mol. The summed E-state index contributed by atoms with van der Waals surface area (Å²) in [6.07, 6.45) is 6.13. The molecule has 5 nitrogen and oxygen atoms in total. The second kappa shape index (κ2) is 8.48. The Balaban J connectivity index is 1.34. The molecule has 0 amide bonds. The van der Waals surface area contributed by atoms with E-state index in [-0.39, 0.29) is 0 Å². The van der Waals surface area contributed by atoms with Crippen LogP contribution in [-0.2, 0) is 6.42 Å². The van der Waals surface area contributed by atoms with Crippen LogP contribution in [-0.4, -0.2) is 53.4 Å². The normalized spacial score (nSPS) is 18.2. The van der Waals surface area contributed by atoms with Crippen LogP contribution in [0.3, 0.4) is 0 Å². The molecular formula is C21H28N4OS. The fourth-order valence-corrected chi connectivity index (χ4v) is 4.42. The Morgan fingerprint density at radius 1 is 1.15 bits per heavy atom. The number of rotatable bonds is 6. The number of fused-ring (bicyclic) bond motifs is 1. The minimum Gasteiger partial charge on any atom is -0.493 e. The molecule has 4 rings (SSSR count). The van der Waals surface area contributed by atoms with Gasteiger partial charge >= 0.3 is 0 Å². The van der Waals surface area contributed by atoms with E-state index < -0.39 is 0 Å². The van der Waals surface area contributed by atoms with Crippen LogP contribution in [0.1, 0.15) is 37.4 Å². The lowest BCUT2D eigenvalue weighted by Gasteiger charge is -2.38. The van der Waals surface area contributed by atoms with Crippen LogP contribution >= 0.6 is 11.8 Å². The predicted octanol–water partition coefficient (Wildman–Crippen LogP) is 3.80. The van der Waals surface area contributed by atoms with Crippen molar-refractivity contribution in [2.45, 2.75) is 37.6 Å². The van der Waals surface area contributed by atoms with Crippen molar-refractivity contribution in [2.75, 3.05) is 43.4 Å². The van der Waals surface area contributed by atoms with Crippen molar-refractivity contribution in [1.82, 2.24) is 14.9 Å². The number of nitrogens with zero attached hydrogens (tertiary/aromatic N) is 4. The summed E-state index contributed by atoms with van der Waals surface area (Å²) in [6, 6.07) is 7.13. The third-order valence-electron chi connectivity index (χ3n) is 5.43. The van der Waals surface area contributed by atoms with Crippen LogP contribution in [0.5, 0.6) is 5.75 Å². The minimum absolute atomic E-state index is 0.399. The van der Waals surface area contributed by atoms with Crippen molar-refractivity contribution in [3.63, 3.8) is 0 Å². The molecule has 0 spiro atoms. The molecule has 1 aromatic heterocycles. The van der Waals surface area contributed by atoms with Gasteiger partial charge in [0.15, 0.2) is 0 Å². The highest BCUT2D eigenvalue weighted by Gasteiger charge is 2.24. The summed E-state index contributed by atoms with van der Waals surface area (Å²) in [5.41, 5.74) is 2.69. The molecule has 1 atom stereocenters. The number of hydrogen-bond donors (Lipinski definition) is 0. The Hall–Kier alpha value is -1.79. The number of piperazine rings is 1. The summed E-state index contributed by atoms with van der Waals surface area (Å²) in [5, 5.41) is 0. The van der Waals surface area contributed by atoms with Crippen LogP contribution in [0.25, 0.3) is 0 Å². The Morgan fingerprint density at radius 2 is 1.93 bits per heavy atom. The van der Waals surface area contributed by atoms with Crippen molar-refractivity contribution in [3.05, 3.63) is 41.7 Å². The highest BCUT2D eigenvalue weighted by atomic mass is 32.2. The molecule has 0 radical (unpaired) electrons. The topological polar surface area (TPSA) is 41.5 Å². The molecule has 2 aromatic rings. The molecule has 2 aliphatic rings. The van der Waals surface area contributed by atoms with Gasteiger partial charge in [0.25, 0.3) is 0 Å². The van der Waals surface area contributed by atoms with Gasteiger partial charge in [-0.2, -0.15) is 0 Å². The van der Waals surface area contributed by atoms with Crippen LogP contribution in [0.2, 0.25) is 0 Å². The number of hydrogen-bond acceptors (Lipinski definition) is 6. The first kappa shape index (κ1) is 18.6. The Kier molecular flexibility index (Phi) is 5.83. The number of aromatic nitrogens is 2. The van der Waals surface area contributed by atoms with Crippen LogP contribution < -0.4 is 9.64 Å². The molecular weight excluding hydrogens is 356 g/mol. The van der Waals surface area contributed by atoms with E-state index in [1.54, 1.807) is 0 Å². The van der Waals surface area contributed by atoms with E-state index in [4.69, 9.17) is 4.74 Å². The molecule has 6 heteroatoms. The molecule has 144 valence electrons. The molecule has 0 bridgehead atoms. The first-order valence-corrected chi connectivity index (χ1v) is 10.9. The standard InChI is InChI=1S/C21H28N4OS/c1-3-12-27-19-14-22-21(23-15-19)25-9-7-24(8-10-25)16(2)18-5-4-17-6-11-26-20(17)13-18/h4-5,13-16H,3,6-12H2,1-2H3. The lowest BCUT2D eigenvalue weighted by atomic mass is 10.0. The van der Waals surface area contributed by atoms with Gasteiger partial charge in [0.2, 0.25) is 5.95 Å². The molecule has 3 heterocycles. The molecule has 2 aliphatic heterocycles. The Bertz CT molecular complexity index is 759. The van der Waals surface area contributed by atoms with Gasteiger partial charge in [-0.3, -0.25) is 4.90 Å². The van der Waals surface area contributed by atoms with E-state index in [2.05, 4.69) is 51.8 Å². The van der Waals surface area contributed by atoms with Crippen molar-refractivity contribution >= 4 is 17.7 Å². The zero-order valence-corrected chi connectivity index (χ0v) is 17.0. The van der Waals surface area contributed by atoms with Gasteiger partial charge in [-0.05, 0) is 36.3 Å². The first-order chi connectivity index (χ1) is 13.2. The van der Waals surface area contributed by atoms with Crippen LogP contribution in [0, 0.1) is 0 Å². The summed E-state index contributed by atoms with van der Waals surface area (Å²) >= 11 is 1.82. The second-order valence-corrected chi connectivity index (χ2v) is 8.40. The fourth-order valence-electron chi connectivity index (χ4n) is 3.73. The molecule has 0 aliphatic carbocycles. The molecule has 1 unspecified atom stereocenters. The highest BCUT2D eigenvalue weighted by molar-refractivity contribution is 7.99. The summed E-state index contributed by atoms with van der Waals surface area (Å²) < 4.78 is 5.74. The maximum absolute atomic E-state index is 5.74. The van der Waals surface area contributed by atoms with E-state index >= 15 is 0 Å². The third-order valence-corrected chi connectivity index (χ3v) is 6.59. The van der Waals surface area contributed by atoms with Crippen molar-refractivity contribution in [2.24, 2.45) is 0 Å². The quantitative estimate of drug-likeness (QED) is 0.706. The van der Waals surface area contributed by atoms with Gasteiger partial charge in [0.1, 0.15) is 5.75 Å². The summed E-state index contributed by atoms with van der Waals surface area (Å²) in [5.74, 6) is 3.05. The Morgan fingerprint density at radius 3 is 2.67 bits per heavy atom. The maximum Gasteiger partial charge on any atom is 0.225 e. The van der Waals surface area contributed by atoms with Crippen LogP contribution in [0.4, 0.5) is 5.95 Å². The molecule has 1 aromatic carbocycles. The van der Waals surface area contributed by atoms with Gasteiger partial charge in [-0.1, -0.05) is 19.1 Å². The lowest BCUT2D eigenvalue weighted by Crippen LogP contribution is -2.47. The number of ether oxygens (including phenoxy) is 1.